The number of hydrogen-bond acceptors (Lipinski definition) is 4. The molecule has 1 amide bonds. The SMILES string of the molecule is Cc1ccc(S(C)(=O)=O)cc1NC(=O)C(C)Oc1ccc(F)cc1. The second kappa shape index (κ2) is 7.00. The standard InChI is InChI=1S/C17H18FNO4S/c1-11-4-9-15(24(3,21)22)10-16(11)19-17(20)12(2)23-14-7-5-13(18)6-8-14/h4-10,12H,1-3H3,(H,19,20). The molecule has 0 aliphatic carbocycles. The second-order valence-electron chi connectivity index (χ2n) is 5.45. The maximum atomic E-state index is 12.9. The van der Waals surface area contributed by atoms with Crippen LogP contribution in [-0.2, 0) is 14.6 Å². The van der Waals surface area contributed by atoms with Gasteiger partial charge in [-0.05, 0) is 55.8 Å². The Labute approximate surface area is 140 Å². The van der Waals surface area contributed by atoms with Gasteiger partial charge in [0, 0.05) is 11.9 Å². The molecule has 2 aromatic rings. The molecule has 0 saturated carbocycles. The van der Waals surface area contributed by atoms with Crippen molar-refractivity contribution in [1.29, 1.82) is 0 Å². The summed E-state index contributed by atoms with van der Waals surface area (Å²) in [6.07, 6.45) is 0.264. The van der Waals surface area contributed by atoms with Crippen LogP contribution in [0.4, 0.5) is 10.1 Å². The van der Waals surface area contributed by atoms with Gasteiger partial charge < -0.3 is 10.1 Å². The van der Waals surface area contributed by atoms with E-state index in [0.29, 0.717) is 11.4 Å². The first-order chi connectivity index (χ1) is 11.2. The van der Waals surface area contributed by atoms with Crippen LogP contribution in [0.25, 0.3) is 0 Å². The van der Waals surface area contributed by atoms with Crippen LogP contribution >= 0.6 is 0 Å². The lowest BCUT2D eigenvalue weighted by atomic mass is 10.2. The number of aryl methyl sites for hydroxylation is 1. The van der Waals surface area contributed by atoms with Crippen LogP contribution in [0.3, 0.4) is 0 Å². The molecule has 0 spiro atoms. The minimum absolute atomic E-state index is 0.121. The van der Waals surface area contributed by atoms with Crippen LogP contribution in [0.5, 0.6) is 5.75 Å². The number of rotatable bonds is 5. The van der Waals surface area contributed by atoms with Crippen LogP contribution in [0.15, 0.2) is 47.4 Å². The van der Waals surface area contributed by atoms with Crippen molar-refractivity contribution < 1.29 is 22.3 Å². The number of carbonyl (C=O) groups excluding carboxylic acids is 1. The molecule has 0 radical (unpaired) electrons. The zero-order valence-electron chi connectivity index (χ0n) is 13.5. The number of nitrogens with one attached hydrogen (secondary N) is 1. The highest BCUT2D eigenvalue weighted by Crippen LogP contribution is 2.21. The maximum Gasteiger partial charge on any atom is 0.265 e. The van der Waals surface area contributed by atoms with Crippen molar-refractivity contribution in [2.75, 3.05) is 11.6 Å². The largest absolute Gasteiger partial charge is 0.481 e. The Morgan fingerprint density at radius 2 is 1.79 bits per heavy atom. The fourth-order valence-electron chi connectivity index (χ4n) is 1.97. The molecule has 128 valence electrons. The second-order valence-corrected chi connectivity index (χ2v) is 7.47. The summed E-state index contributed by atoms with van der Waals surface area (Å²) in [5.41, 5.74) is 1.13. The summed E-state index contributed by atoms with van der Waals surface area (Å²) in [7, 11) is -3.37. The first kappa shape index (κ1) is 17.9. The van der Waals surface area contributed by atoms with E-state index in [1.807, 2.05) is 0 Å². The lowest BCUT2D eigenvalue weighted by Gasteiger charge is -2.16. The normalized spacial score (nSPS) is 12.5. The Morgan fingerprint density at radius 3 is 2.38 bits per heavy atom. The Kier molecular flexibility index (Phi) is 5.23. The van der Waals surface area contributed by atoms with Gasteiger partial charge in [0.05, 0.1) is 4.90 Å². The molecule has 0 aliphatic rings. The number of hydrogen-bond donors (Lipinski definition) is 1. The van der Waals surface area contributed by atoms with E-state index in [-0.39, 0.29) is 4.90 Å². The zero-order chi connectivity index (χ0) is 17.9. The number of sulfone groups is 1. The molecule has 0 bridgehead atoms. The molecular formula is C17H18FNO4S. The van der Waals surface area contributed by atoms with Crippen LogP contribution < -0.4 is 10.1 Å². The Morgan fingerprint density at radius 1 is 1.17 bits per heavy atom. The van der Waals surface area contributed by atoms with Crippen LogP contribution in [-0.4, -0.2) is 26.7 Å². The molecule has 2 rings (SSSR count). The third kappa shape index (κ3) is 4.55. The molecule has 0 saturated heterocycles. The number of benzene rings is 2. The van der Waals surface area contributed by atoms with Gasteiger partial charge in [0.25, 0.3) is 5.91 Å². The van der Waals surface area contributed by atoms with E-state index in [1.54, 1.807) is 19.9 Å². The van der Waals surface area contributed by atoms with Gasteiger partial charge in [-0.3, -0.25) is 4.79 Å². The highest BCUT2D eigenvalue weighted by molar-refractivity contribution is 7.90. The minimum atomic E-state index is -3.37. The van der Waals surface area contributed by atoms with Gasteiger partial charge in [0.1, 0.15) is 11.6 Å². The van der Waals surface area contributed by atoms with E-state index in [1.165, 1.54) is 36.4 Å². The summed E-state index contributed by atoms with van der Waals surface area (Å²) in [5.74, 6) is -0.471. The number of amides is 1. The topological polar surface area (TPSA) is 72.5 Å². The zero-order valence-corrected chi connectivity index (χ0v) is 14.4. The fraction of sp³-hybridized carbons (Fsp3) is 0.235. The molecule has 1 N–H and O–H groups in total. The van der Waals surface area contributed by atoms with E-state index in [4.69, 9.17) is 4.74 Å². The van der Waals surface area contributed by atoms with Crippen molar-refractivity contribution in [3.8, 4) is 5.75 Å². The summed E-state index contributed by atoms with van der Waals surface area (Å²) in [6.45, 7) is 3.31. The van der Waals surface area contributed by atoms with E-state index in [0.717, 1.165) is 11.8 Å². The molecule has 0 aromatic heterocycles. The molecule has 7 heteroatoms. The van der Waals surface area contributed by atoms with Crippen molar-refractivity contribution in [3.05, 3.63) is 53.8 Å². The predicted octanol–water partition coefficient (Wildman–Crippen LogP) is 2.94. The van der Waals surface area contributed by atoms with Gasteiger partial charge in [0.15, 0.2) is 15.9 Å². The van der Waals surface area contributed by atoms with Gasteiger partial charge in [-0.15, -0.1) is 0 Å². The van der Waals surface area contributed by atoms with Gasteiger partial charge in [-0.2, -0.15) is 0 Å². The molecule has 5 nitrogen and oxygen atoms in total. The Bertz CT molecular complexity index is 847. The maximum absolute atomic E-state index is 12.9. The van der Waals surface area contributed by atoms with Gasteiger partial charge in [0.2, 0.25) is 0 Å². The number of ether oxygens (including phenoxy) is 1. The van der Waals surface area contributed by atoms with Crippen molar-refractivity contribution >= 4 is 21.4 Å². The number of anilines is 1. The molecule has 1 unspecified atom stereocenters. The molecular weight excluding hydrogens is 333 g/mol. The quantitative estimate of drug-likeness (QED) is 0.899. The predicted molar refractivity (Wildman–Crippen MR) is 89.4 cm³/mol. The molecule has 0 aliphatic heterocycles. The third-order valence-corrected chi connectivity index (χ3v) is 4.50. The molecule has 1 atom stereocenters. The van der Waals surface area contributed by atoms with E-state index in [2.05, 4.69) is 5.32 Å². The fourth-order valence-corrected chi connectivity index (χ4v) is 2.62. The third-order valence-electron chi connectivity index (χ3n) is 3.39. The van der Waals surface area contributed by atoms with Gasteiger partial charge in [-0.25, -0.2) is 12.8 Å². The van der Waals surface area contributed by atoms with Crippen molar-refractivity contribution in [2.45, 2.75) is 24.8 Å². The van der Waals surface area contributed by atoms with E-state index < -0.39 is 27.7 Å². The van der Waals surface area contributed by atoms with Crippen molar-refractivity contribution in [1.82, 2.24) is 0 Å². The molecule has 0 fully saturated rings. The van der Waals surface area contributed by atoms with Gasteiger partial charge >= 0.3 is 0 Å². The van der Waals surface area contributed by atoms with Crippen molar-refractivity contribution in [2.24, 2.45) is 0 Å². The van der Waals surface area contributed by atoms with E-state index in [9.17, 15) is 17.6 Å². The minimum Gasteiger partial charge on any atom is -0.481 e. The first-order valence-electron chi connectivity index (χ1n) is 7.20. The summed E-state index contributed by atoms with van der Waals surface area (Å²) in [4.78, 5) is 12.4. The number of carbonyl (C=O) groups is 1. The summed E-state index contributed by atoms with van der Waals surface area (Å²) in [6, 6.07) is 9.84. The Hall–Kier alpha value is -2.41. The monoisotopic (exact) mass is 351 g/mol. The lowest BCUT2D eigenvalue weighted by Crippen LogP contribution is -2.30. The van der Waals surface area contributed by atoms with Crippen LogP contribution in [0, 0.1) is 12.7 Å². The average molecular weight is 351 g/mol. The number of halogens is 1. The van der Waals surface area contributed by atoms with Crippen LogP contribution in [0.2, 0.25) is 0 Å². The van der Waals surface area contributed by atoms with E-state index >= 15 is 0 Å². The smallest absolute Gasteiger partial charge is 0.265 e. The summed E-state index contributed by atoms with van der Waals surface area (Å²) in [5, 5.41) is 2.65. The summed E-state index contributed by atoms with van der Waals surface area (Å²) < 4.78 is 41.5. The average Bonchev–Trinajstić information content (AvgIpc) is 2.50. The highest BCUT2D eigenvalue weighted by Gasteiger charge is 2.17. The highest BCUT2D eigenvalue weighted by atomic mass is 32.2. The molecule has 2 aromatic carbocycles. The first-order valence-corrected chi connectivity index (χ1v) is 9.10. The molecule has 0 heterocycles. The Balaban J connectivity index is 2.12. The summed E-state index contributed by atoms with van der Waals surface area (Å²) >= 11 is 0. The van der Waals surface area contributed by atoms with Gasteiger partial charge in [-0.1, -0.05) is 6.07 Å². The van der Waals surface area contributed by atoms with Crippen molar-refractivity contribution in [3.63, 3.8) is 0 Å². The molecule has 24 heavy (non-hydrogen) atoms. The van der Waals surface area contributed by atoms with Crippen LogP contribution in [0.1, 0.15) is 12.5 Å². The lowest BCUT2D eigenvalue weighted by molar-refractivity contribution is -0.122.